The number of carbonyl (C=O) groups excluding carboxylic acids is 2. The van der Waals surface area contributed by atoms with Gasteiger partial charge in [-0.25, -0.2) is 4.79 Å². The Bertz CT molecular complexity index is 1150. The summed E-state index contributed by atoms with van der Waals surface area (Å²) < 4.78 is 48.3. The van der Waals surface area contributed by atoms with Crippen LogP contribution in [-0.2, 0) is 17.5 Å². The zero-order valence-corrected chi connectivity index (χ0v) is 19.8. The first-order valence-corrected chi connectivity index (χ1v) is 12.0. The first-order chi connectivity index (χ1) is 17.1. The number of aromatic nitrogens is 2. The predicted molar refractivity (Wildman–Crippen MR) is 125 cm³/mol. The fraction of sp³-hybridized carbons (Fsp3) is 0.542. The molecule has 3 aliphatic rings. The molecular formula is C24H29F3N6O3. The quantitative estimate of drug-likeness (QED) is 0.684. The molecule has 5 rings (SSSR count). The molecule has 1 atom stereocenters. The van der Waals surface area contributed by atoms with Gasteiger partial charge in [0.15, 0.2) is 0 Å². The fourth-order valence-electron chi connectivity index (χ4n) is 5.52. The molecule has 194 valence electrons. The zero-order valence-electron chi connectivity index (χ0n) is 19.8. The van der Waals surface area contributed by atoms with E-state index in [0.29, 0.717) is 58.2 Å². The van der Waals surface area contributed by atoms with Gasteiger partial charge in [-0.05, 0) is 37.1 Å². The number of alkyl halides is 3. The Kier molecular flexibility index (Phi) is 6.41. The Hall–Kier alpha value is -3.12. The standard InChI is InChI=1S/C24H29F3N6O3/c25-24(26,27)20-11-19(31-7-9-36-10-8-31)2-1-17(20)13-30-5-3-23(15-30)4-6-32(16-23)22(35)33-14-18(12-29-33)21(28)34/h1-2,11-12,14H,3-10,13,15-16H2,(H2,28,34). The number of hydrogen-bond donors (Lipinski definition) is 1. The van der Waals surface area contributed by atoms with Gasteiger partial charge in [0.05, 0.1) is 30.5 Å². The molecule has 2 amide bonds. The number of rotatable bonds is 4. The average molecular weight is 507 g/mol. The normalized spacial score (nSPS) is 23.1. The van der Waals surface area contributed by atoms with E-state index in [1.807, 2.05) is 9.80 Å². The van der Waals surface area contributed by atoms with E-state index >= 15 is 0 Å². The summed E-state index contributed by atoms with van der Waals surface area (Å²) in [5.41, 5.74) is 5.46. The second kappa shape index (κ2) is 9.40. The van der Waals surface area contributed by atoms with Crippen molar-refractivity contribution in [3.05, 3.63) is 47.3 Å². The molecule has 3 saturated heterocycles. The number of hydrogen-bond acceptors (Lipinski definition) is 6. The molecule has 2 aromatic rings. The monoisotopic (exact) mass is 506 g/mol. The number of morpholine rings is 1. The molecule has 0 saturated carbocycles. The lowest BCUT2D eigenvalue weighted by molar-refractivity contribution is -0.138. The van der Waals surface area contributed by atoms with E-state index < -0.39 is 17.6 Å². The van der Waals surface area contributed by atoms with E-state index in [0.717, 1.165) is 17.5 Å². The van der Waals surface area contributed by atoms with Crippen molar-refractivity contribution in [2.45, 2.75) is 25.6 Å². The van der Waals surface area contributed by atoms with Crippen LogP contribution >= 0.6 is 0 Å². The number of anilines is 1. The van der Waals surface area contributed by atoms with Crippen molar-refractivity contribution in [2.24, 2.45) is 11.1 Å². The summed E-state index contributed by atoms with van der Waals surface area (Å²) in [6, 6.07) is 4.28. The molecule has 3 aliphatic heterocycles. The second-order valence-corrected chi connectivity index (χ2v) is 9.89. The van der Waals surface area contributed by atoms with Crippen molar-refractivity contribution in [3.63, 3.8) is 0 Å². The van der Waals surface area contributed by atoms with E-state index in [2.05, 4.69) is 5.10 Å². The summed E-state index contributed by atoms with van der Waals surface area (Å²) >= 11 is 0. The van der Waals surface area contributed by atoms with Crippen LogP contribution in [0.2, 0.25) is 0 Å². The van der Waals surface area contributed by atoms with Crippen molar-refractivity contribution in [1.82, 2.24) is 19.6 Å². The minimum atomic E-state index is -4.45. The molecule has 3 fully saturated rings. The van der Waals surface area contributed by atoms with E-state index in [4.69, 9.17) is 10.5 Å². The van der Waals surface area contributed by atoms with Gasteiger partial charge in [0, 0.05) is 56.6 Å². The van der Waals surface area contributed by atoms with Crippen LogP contribution in [0.25, 0.3) is 0 Å². The zero-order chi connectivity index (χ0) is 25.5. The van der Waals surface area contributed by atoms with Gasteiger partial charge in [-0.1, -0.05) is 6.07 Å². The maximum atomic E-state index is 14.0. The molecule has 12 heteroatoms. The van der Waals surface area contributed by atoms with Crippen LogP contribution in [0.3, 0.4) is 0 Å². The highest BCUT2D eigenvalue weighted by molar-refractivity contribution is 5.93. The Morgan fingerprint density at radius 1 is 1.08 bits per heavy atom. The molecule has 0 radical (unpaired) electrons. The highest BCUT2D eigenvalue weighted by atomic mass is 19.4. The smallest absolute Gasteiger partial charge is 0.378 e. The molecule has 1 aromatic heterocycles. The van der Waals surface area contributed by atoms with Crippen LogP contribution in [0.1, 0.15) is 34.3 Å². The largest absolute Gasteiger partial charge is 0.416 e. The number of amides is 2. The summed E-state index contributed by atoms with van der Waals surface area (Å²) in [6.07, 6.45) is -0.308. The lowest BCUT2D eigenvalue weighted by atomic mass is 9.86. The minimum absolute atomic E-state index is 0.157. The van der Waals surface area contributed by atoms with Gasteiger partial charge >= 0.3 is 12.2 Å². The van der Waals surface area contributed by atoms with E-state index in [1.54, 1.807) is 17.0 Å². The summed E-state index contributed by atoms with van der Waals surface area (Å²) in [5, 5.41) is 3.94. The van der Waals surface area contributed by atoms with Crippen LogP contribution in [-0.4, -0.2) is 84.0 Å². The van der Waals surface area contributed by atoms with Crippen molar-refractivity contribution in [3.8, 4) is 0 Å². The van der Waals surface area contributed by atoms with Gasteiger partial charge in [0.1, 0.15) is 0 Å². The SMILES string of the molecule is NC(=O)c1cnn(C(=O)N2CCC3(CCN(Cc4ccc(N5CCOCC5)cc4C(F)(F)F)C3)C2)c1. The van der Waals surface area contributed by atoms with Crippen LogP contribution in [0, 0.1) is 5.41 Å². The van der Waals surface area contributed by atoms with Crippen molar-refractivity contribution in [1.29, 1.82) is 0 Å². The van der Waals surface area contributed by atoms with Gasteiger partial charge in [-0.2, -0.15) is 23.0 Å². The van der Waals surface area contributed by atoms with Crippen molar-refractivity contribution < 1.29 is 27.5 Å². The molecule has 2 N–H and O–H groups in total. The van der Waals surface area contributed by atoms with Crippen molar-refractivity contribution >= 4 is 17.6 Å². The van der Waals surface area contributed by atoms with Gasteiger partial charge < -0.3 is 20.3 Å². The number of likely N-dealkylation sites (tertiary alicyclic amines) is 2. The maximum absolute atomic E-state index is 14.0. The van der Waals surface area contributed by atoms with Crippen LogP contribution < -0.4 is 10.6 Å². The number of benzene rings is 1. The highest BCUT2D eigenvalue weighted by Crippen LogP contribution is 2.41. The number of carbonyl (C=O) groups is 2. The van der Waals surface area contributed by atoms with Crippen LogP contribution in [0.15, 0.2) is 30.6 Å². The number of nitrogens with zero attached hydrogens (tertiary/aromatic N) is 5. The lowest BCUT2D eigenvalue weighted by Gasteiger charge is -2.30. The molecule has 9 nitrogen and oxygen atoms in total. The number of primary amides is 1. The predicted octanol–water partition coefficient (Wildman–Crippen LogP) is 2.40. The lowest BCUT2D eigenvalue weighted by Crippen LogP contribution is -2.37. The molecule has 1 aromatic carbocycles. The van der Waals surface area contributed by atoms with Gasteiger partial charge in [-0.15, -0.1) is 0 Å². The Balaban J connectivity index is 1.26. The minimum Gasteiger partial charge on any atom is -0.378 e. The molecule has 36 heavy (non-hydrogen) atoms. The third-order valence-corrected chi connectivity index (χ3v) is 7.46. The number of ether oxygens (including phenoxy) is 1. The molecule has 0 bridgehead atoms. The third-order valence-electron chi connectivity index (χ3n) is 7.46. The molecule has 0 aliphatic carbocycles. The molecular weight excluding hydrogens is 477 g/mol. The Morgan fingerprint density at radius 2 is 1.83 bits per heavy atom. The van der Waals surface area contributed by atoms with Gasteiger partial charge in [-0.3, -0.25) is 9.69 Å². The van der Waals surface area contributed by atoms with Crippen LogP contribution in [0.5, 0.6) is 0 Å². The topological polar surface area (TPSA) is 96.9 Å². The molecule has 1 unspecified atom stereocenters. The first-order valence-electron chi connectivity index (χ1n) is 12.0. The summed E-state index contributed by atoms with van der Waals surface area (Å²) in [5.74, 6) is -0.658. The maximum Gasteiger partial charge on any atom is 0.416 e. The summed E-state index contributed by atoms with van der Waals surface area (Å²) in [7, 11) is 0. The average Bonchev–Trinajstić information content (AvgIpc) is 3.60. The van der Waals surface area contributed by atoms with Gasteiger partial charge in [0.2, 0.25) is 0 Å². The Morgan fingerprint density at radius 3 is 2.53 bits per heavy atom. The Labute approximate surface area is 206 Å². The molecule has 1 spiro atoms. The number of nitrogens with two attached hydrogens (primary N) is 1. The molecule has 4 heterocycles. The van der Waals surface area contributed by atoms with Crippen molar-refractivity contribution in [2.75, 3.05) is 57.4 Å². The summed E-state index contributed by atoms with van der Waals surface area (Å²) in [6.45, 7) is 4.66. The number of halogens is 3. The van der Waals surface area contributed by atoms with Crippen LogP contribution in [0.4, 0.5) is 23.7 Å². The summed E-state index contributed by atoms with van der Waals surface area (Å²) in [4.78, 5) is 29.8. The van der Waals surface area contributed by atoms with Gasteiger partial charge in [0.25, 0.3) is 5.91 Å². The van der Waals surface area contributed by atoms with E-state index in [9.17, 15) is 22.8 Å². The van der Waals surface area contributed by atoms with E-state index in [-0.39, 0.29) is 29.1 Å². The second-order valence-electron chi connectivity index (χ2n) is 9.89. The van der Waals surface area contributed by atoms with E-state index in [1.165, 1.54) is 18.5 Å². The highest BCUT2D eigenvalue weighted by Gasteiger charge is 2.45. The first kappa shape index (κ1) is 24.6. The third kappa shape index (κ3) is 4.92. The fourth-order valence-corrected chi connectivity index (χ4v) is 5.52.